The molecule has 0 fully saturated rings. The molecule has 0 aliphatic carbocycles. The van der Waals surface area contributed by atoms with Crippen LogP contribution in [0.25, 0.3) is 0 Å². The topological polar surface area (TPSA) is 48.6 Å². The molecule has 1 aromatic rings. The summed E-state index contributed by atoms with van der Waals surface area (Å²) in [6, 6.07) is 6.36. The molecule has 0 unspecified atom stereocenters. The summed E-state index contributed by atoms with van der Waals surface area (Å²) in [5.74, 6) is 0. The third-order valence-electron chi connectivity index (χ3n) is 1.55. The number of benzene rings is 1. The summed E-state index contributed by atoms with van der Waals surface area (Å²) in [4.78, 5) is 9.81. The average molecular weight is 271 g/mol. The van der Waals surface area contributed by atoms with Crippen LogP contribution in [0.5, 0.6) is 0 Å². The molecule has 6 heteroatoms. The molecule has 0 saturated heterocycles. The van der Waals surface area contributed by atoms with E-state index in [1.807, 2.05) is 6.92 Å². The van der Waals surface area contributed by atoms with E-state index in [-0.39, 0.29) is 10.7 Å². The van der Waals surface area contributed by atoms with Crippen LogP contribution < -0.4 is 0 Å². The quantitative estimate of drug-likeness (QED) is 0.760. The fraction of sp³-hybridized carbons (Fsp3) is 0.364. The zero-order valence-corrected chi connectivity index (χ0v) is 9.98. The van der Waals surface area contributed by atoms with Crippen molar-refractivity contribution in [3.05, 3.63) is 35.9 Å². The summed E-state index contributed by atoms with van der Waals surface area (Å²) in [5, 5.41) is -0.238. The lowest BCUT2D eigenvalue weighted by Crippen LogP contribution is -2.03. The second-order valence-electron chi connectivity index (χ2n) is 2.97. The average Bonchev–Trinajstić information content (AvgIpc) is 2.18. The van der Waals surface area contributed by atoms with Gasteiger partial charge in [0, 0.05) is 6.42 Å². The van der Waals surface area contributed by atoms with Gasteiger partial charge in [-0.1, -0.05) is 37.3 Å². The Labute approximate surface area is 103 Å². The minimum atomic E-state index is -4.21. The minimum Gasteiger partial charge on any atom is -0.412 e. The normalized spacial score (nSPS) is 9.71. The number of halogens is 4. The van der Waals surface area contributed by atoms with Gasteiger partial charge in [-0.15, -0.1) is 0 Å². The van der Waals surface area contributed by atoms with Crippen molar-refractivity contribution in [1.82, 2.24) is 0 Å². The fourth-order valence-electron chi connectivity index (χ4n) is 0.824. The molecule has 17 heavy (non-hydrogen) atoms. The van der Waals surface area contributed by atoms with Crippen molar-refractivity contribution in [2.24, 2.45) is 0 Å². The summed E-state index contributed by atoms with van der Waals surface area (Å²) in [7, 11) is 0. The van der Waals surface area contributed by atoms with Gasteiger partial charge in [-0.3, -0.25) is 4.79 Å². The predicted octanol–water partition coefficient (Wildman–Crippen LogP) is 3.43. The maximum atomic E-state index is 11.8. The van der Waals surface area contributed by atoms with Gasteiger partial charge in [-0.2, -0.15) is 13.2 Å². The molecule has 0 amide bonds. The molecule has 2 nitrogen and oxygen atoms in total. The molecule has 0 radical (unpaired) electrons. The molecule has 98 valence electrons. The van der Waals surface area contributed by atoms with E-state index in [0.717, 1.165) is 18.6 Å². The van der Waals surface area contributed by atoms with Crippen LogP contribution in [0.4, 0.5) is 13.2 Å². The van der Waals surface area contributed by atoms with Crippen LogP contribution in [0.3, 0.4) is 0 Å². The lowest BCUT2D eigenvalue weighted by molar-refractivity contribution is -0.137. The maximum absolute atomic E-state index is 11.8. The summed E-state index contributed by atoms with van der Waals surface area (Å²) >= 11 is 4.94. The SMILES string of the molecule is CCCC(=O)Cl.FC(F)(F)c1ccccc1.O. The molecule has 2 N–H and O–H groups in total. The standard InChI is InChI=1S/C7H5F3.C4H7ClO.H2O/c8-7(9,10)6-4-2-1-3-5-6;1-2-3-4(5)6;/h1-5H;2-3H2,1H3;1H2. The lowest BCUT2D eigenvalue weighted by Gasteiger charge is -2.03. The van der Waals surface area contributed by atoms with Gasteiger partial charge in [0.25, 0.3) is 0 Å². The van der Waals surface area contributed by atoms with Crippen molar-refractivity contribution < 1.29 is 23.4 Å². The van der Waals surface area contributed by atoms with Crippen molar-refractivity contribution in [2.45, 2.75) is 25.9 Å². The van der Waals surface area contributed by atoms with Crippen LogP contribution in [0, 0.1) is 0 Å². The summed E-state index contributed by atoms with van der Waals surface area (Å²) < 4.78 is 35.4. The Morgan fingerprint density at radius 2 is 1.71 bits per heavy atom. The fourth-order valence-corrected chi connectivity index (χ4v) is 1.01. The highest BCUT2D eigenvalue weighted by atomic mass is 35.5. The van der Waals surface area contributed by atoms with E-state index >= 15 is 0 Å². The number of carbonyl (C=O) groups is 1. The number of rotatable bonds is 2. The van der Waals surface area contributed by atoms with Crippen molar-refractivity contribution in [2.75, 3.05) is 0 Å². The molecule has 0 aliphatic heterocycles. The van der Waals surface area contributed by atoms with E-state index in [2.05, 4.69) is 0 Å². The molecule has 0 bridgehead atoms. The molecule has 0 aromatic heterocycles. The first-order chi connectivity index (χ1) is 7.38. The first kappa shape index (κ1) is 18.3. The number of alkyl halides is 3. The number of hydrogen-bond donors (Lipinski definition) is 0. The molecule has 0 spiro atoms. The Morgan fingerprint density at radius 1 is 1.24 bits per heavy atom. The van der Waals surface area contributed by atoms with Gasteiger partial charge in [0.05, 0.1) is 5.56 Å². The molecular weight excluding hydrogens is 257 g/mol. The van der Waals surface area contributed by atoms with Crippen molar-refractivity contribution >= 4 is 16.8 Å². The molecule has 1 rings (SSSR count). The molecule has 0 atom stereocenters. The van der Waals surface area contributed by atoms with Crippen LogP contribution in [0.1, 0.15) is 25.3 Å². The molecule has 1 aromatic carbocycles. The zero-order chi connectivity index (χ0) is 12.6. The smallest absolute Gasteiger partial charge is 0.412 e. The Morgan fingerprint density at radius 3 is 1.88 bits per heavy atom. The molecule has 0 aliphatic rings. The second kappa shape index (κ2) is 9.01. The Hall–Kier alpha value is -1.07. The van der Waals surface area contributed by atoms with E-state index in [4.69, 9.17) is 11.6 Å². The lowest BCUT2D eigenvalue weighted by atomic mass is 10.2. The summed E-state index contributed by atoms with van der Waals surface area (Å²) in [5.41, 5.74) is -0.602. The minimum absolute atomic E-state index is 0. The van der Waals surface area contributed by atoms with Crippen molar-refractivity contribution in [3.8, 4) is 0 Å². The molecular formula is C11H14ClF3O2. The monoisotopic (exact) mass is 270 g/mol. The number of carbonyl (C=O) groups excluding carboxylic acids is 1. The van der Waals surface area contributed by atoms with E-state index in [1.54, 1.807) is 6.07 Å². The predicted molar refractivity (Wildman–Crippen MR) is 60.8 cm³/mol. The first-order valence-corrected chi connectivity index (χ1v) is 5.06. The van der Waals surface area contributed by atoms with Gasteiger partial charge >= 0.3 is 6.18 Å². The van der Waals surface area contributed by atoms with E-state index in [0.29, 0.717) is 6.42 Å². The van der Waals surface area contributed by atoms with Crippen LogP contribution in [0.2, 0.25) is 0 Å². The third-order valence-corrected chi connectivity index (χ3v) is 1.74. The highest BCUT2D eigenvalue weighted by Gasteiger charge is 2.29. The summed E-state index contributed by atoms with van der Waals surface area (Å²) in [6.45, 7) is 1.92. The van der Waals surface area contributed by atoms with E-state index in [1.165, 1.54) is 12.1 Å². The number of hydrogen-bond acceptors (Lipinski definition) is 1. The van der Waals surface area contributed by atoms with Crippen molar-refractivity contribution in [3.63, 3.8) is 0 Å². The van der Waals surface area contributed by atoms with Crippen LogP contribution in [0.15, 0.2) is 30.3 Å². The largest absolute Gasteiger partial charge is 0.416 e. The Balaban J connectivity index is 0. The van der Waals surface area contributed by atoms with Gasteiger partial charge in [-0.25, -0.2) is 0 Å². The Bertz CT molecular complexity index is 312. The summed E-state index contributed by atoms with van der Waals surface area (Å²) in [6.07, 6.45) is -2.86. The molecule has 0 saturated carbocycles. The Kier molecular flexibility index (Phi) is 9.70. The second-order valence-corrected chi connectivity index (χ2v) is 3.39. The zero-order valence-electron chi connectivity index (χ0n) is 9.22. The van der Waals surface area contributed by atoms with Gasteiger partial charge < -0.3 is 5.48 Å². The van der Waals surface area contributed by atoms with Crippen LogP contribution in [-0.4, -0.2) is 10.7 Å². The van der Waals surface area contributed by atoms with E-state index < -0.39 is 11.7 Å². The molecule has 0 heterocycles. The maximum Gasteiger partial charge on any atom is 0.416 e. The van der Waals surface area contributed by atoms with E-state index in [9.17, 15) is 18.0 Å². The third kappa shape index (κ3) is 9.84. The van der Waals surface area contributed by atoms with Crippen LogP contribution >= 0.6 is 11.6 Å². The van der Waals surface area contributed by atoms with Gasteiger partial charge in [0.15, 0.2) is 0 Å². The van der Waals surface area contributed by atoms with Gasteiger partial charge in [0.1, 0.15) is 0 Å². The van der Waals surface area contributed by atoms with Gasteiger partial charge in [0.2, 0.25) is 5.24 Å². The first-order valence-electron chi connectivity index (χ1n) is 4.68. The highest BCUT2D eigenvalue weighted by Crippen LogP contribution is 2.28. The highest BCUT2D eigenvalue weighted by molar-refractivity contribution is 6.63. The van der Waals surface area contributed by atoms with Crippen LogP contribution in [-0.2, 0) is 11.0 Å². The van der Waals surface area contributed by atoms with Crippen molar-refractivity contribution in [1.29, 1.82) is 0 Å². The van der Waals surface area contributed by atoms with Gasteiger partial charge in [-0.05, 0) is 18.0 Å².